The predicted octanol–water partition coefficient (Wildman–Crippen LogP) is 1.06. The van der Waals surface area contributed by atoms with E-state index in [1.165, 1.54) is 0 Å². The van der Waals surface area contributed by atoms with Crippen molar-refractivity contribution in [2.24, 2.45) is 0 Å². The van der Waals surface area contributed by atoms with E-state index in [0.717, 1.165) is 25.7 Å². The van der Waals surface area contributed by atoms with E-state index in [-0.39, 0.29) is 17.9 Å². The number of hydrogen-bond donors (Lipinski definition) is 1. The Kier molecular flexibility index (Phi) is 3.60. The molecule has 0 bridgehead atoms. The van der Waals surface area contributed by atoms with Crippen molar-refractivity contribution in [3.63, 3.8) is 0 Å². The van der Waals surface area contributed by atoms with Crippen LogP contribution < -0.4 is 5.32 Å². The topological polar surface area (TPSA) is 49.4 Å². The summed E-state index contributed by atoms with van der Waals surface area (Å²) in [5, 5.41) is 2.97. The molecule has 2 amide bonds. The maximum Gasteiger partial charge on any atom is 0.249 e. The highest BCUT2D eigenvalue weighted by Crippen LogP contribution is 2.35. The summed E-state index contributed by atoms with van der Waals surface area (Å²) in [6, 6.07) is -0.350. The fourth-order valence-electron chi connectivity index (χ4n) is 3.10. The number of piperazine rings is 1. The van der Waals surface area contributed by atoms with Crippen LogP contribution in [0.3, 0.4) is 0 Å². The van der Waals surface area contributed by atoms with Crippen LogP contribution in [0.15, 0.2) is 0 Å². The number of hydrogen-bond acceptors (Lipinski definition) is 2. The second kappa shape index (κ2) is 5.01. The van der Waals surface area contributed by atoms with Gasteiger partial charge in [-0.15, -0.1) is 12.3 Å². The van der Waals surface area contributed by atoms with Crippen molar-refractivity contribution in [2.75, 3.05) is 6.54 Å². The van der Waals surface area contributed by atoms with E-state index in [4.69, 9.17) is 6.42 Å². The van der Waals surface area contributed by atoms with Crippen molar-refractivity contribution in [3.05, 3.63) is 0 Å². The molecule has 1 aliphatic carbocycles. The van der Waals surface area contributed by atoms with Gasteiger partial charge in [0.05, 0.1) is 0 Å². The summed E-state index contributed by atoms with van der Waals surface area (Å²) in [6.45, 7) is 2.41. The lowest BCUT2D eigenvalue weighted by Gasteiger charge is -2.44. The van der Waals surface area contributed by atoms with Crippen molar-refractivity contribution in [2.45, 2.75) is 57.0 Å². The second-order valence-electron chi connectivity index (χ2n) is 5.16. The van der Waals surface area contributed by atoms with Crippen LogP contribution in [0.25, 0.3) is 0 Å². The first-order valence-electron chi connectivity index (χ1n) is 6.71. The third-order valence-electron chi connectivity index (χ3n) is 4.05. The lowest BCUT2D eigenvalue weighted by molar-refractivity contribution is -0.154. The zero-order valence-electron chi connectivity index (χ0n) is 10.9. The molecule has 0 aromatic rings. The first-order valence-corrected chi connectivity index (χ1v) is 6.71. The minimum Gasteiger partial charge on any atom is -0.340 e. The van der Waals surface area contributed by atoms with Gasteiger partial charge in [-0.3, -0.25) is 9.59 Å². The van der Waals surface area contributed by atoms with E-state index < -0.39 is 5.54 Å². The molecule has 1 unspecified atom stereocenters. The van der Waals surface area contributed by atoms with Crippen LogP contribution in [0.4, 0.5) is 0 Å². The van der Waals surface area contributed by atoms with Crippen LogP contribution in [0, 0.1) is 12.3 Å². The van der Waals surface area contributed by atoms with Gasteiger partial charge >= 0.3 is 0 Å². The Bertz CT molecular complexity index is 391. The average Bonchev–Trinajstić information content (AvgIpc) is 2.81. The minimum absolute atomic E-state index is 0.0176. The minimum atomic E-state index is -0.628. The molecule has 1 aliphatic heterocycles. The maximum atomic E-state index is 12.6. The molecule has 0 radical (unpaired) electrons. The standard InChI is InChI=1S/C14H20N2O2/c1-3-5-10-16-11(4-2)12(17)15-14(13(16)18)8-6-7-9-14/h1,11H,4-10H2,2H3,(H,15,17). The Morgan fingerprint density at radius 1 is 1.44 bits per heavy atom. The number of amides is 2. The molecule has 1 atom stereocenters. The zero-order chi connectivity index (χ0) is 13.2. The first kappa shape index (κ1) is 12.9. The Balaban J connectivity index is 2.24. The third-order valence-corrected chi connectivity index (χ3v) is 4.05. The molecule has 1 N–H and O–H groups in total. The van der Waals surface area contributed by atoms with Crippen molar-refractivity contribution in [1.29, 1.82) is 0 Å². The number of nitrogens with zero attached hydrogens (tertiary/aromatic N) is 1. The normalized spacial score (nSPS) is 26.2. The van der Waals surface area contributed by atoms with Crippen LogP contribution in [0.2, 0.25) is 0 Å². The summed E-state index contributed by atoms with van der Waals surface area (Å²) < 4.78 is 0. The largest absolute Gasteiger partial charge is 0.340 e. The molecule has 1 saturated heterocycles. The number of carbonyl (C=O) groups is 2. The van der Waals surface area contributed by atoms with Crippen LogP contribution in [0.5, 0.6) is 0 Å². The maximum absolute atomic E-state index is 12.6. The quantitative estimate of drug-likeness (QED) is 0.759. The summed E-state index contributed by atoms with van der Waals surface area (Å²) in [5.41, 5.74) is -0.628. The van der Waals surface area contributed by atoms with E-state index >= 15 is 0 Å². The smallest absolute Gasteiger partial charge is 0.249 e. The average molecular weight is 248 g/mol. The van der Waals surface area contributed by atoms with Crippen LogP contribution in [-0.4, -0.2) is 34.8 Å². The summed E-state index contributed by atoms with van der Waals surface area (Å²) in [7, 11) is 0. The molecule has 0 aromatic heterocycles. The zero-order valence-corrected chi connectivity index (χ0v) is 10.9. The van der Waals surface area contributed by atoms with Gasteiger partial charge in [0.2, 0.25) is 11.8 Å². The van der Waals surface area contributed by atoms with Crippen molar-refractivity contribution < 1.29 is 9.59 Å². The first-order chi connectivity index (χ1) is 8.64. The summed E-state index contributed by atoms with van der Waals surface area (Å²) in [6.07, 6.45) is 9.95. The molecule has 98 valence electrons. The van der Waals surface area contributed by atoms with Gasteiger partial charge in [-0.1, -0.05) is 19.8 Å². The van der Waals surface area contributed by atoms with Crippen LogP contribution in [-0.2, 0) is 9.59 Å². The number of carbonyl (C=O) groups excluding carboxylic acids is 2. The molecule has 4 nitrogen and oxygen atoms in total. The highest BCUT2D eigenvalue weighted by molar-refractivity contribution is 6.00. The van der Waals surface area contributed by atoms with Gasteiger partial charge in [0.1, 0.15) is 11.6 Å². The Labute approximate surface area is 108 Å². The van der Waals surface area contributed by atoms with Crippen molar-refractivity contribution in [3.8, 4) is 12.3 Å². The molecule has 2 rings (SSSR count). The number of terminal acetylenes is 1. The molecule has 2 fully saturated rings. The van der Waals surface area contributed by atoms with E-state index in [1.54, 1.807) is 4.90 Å². The molecule has 0 aromatic carbocycles. The van der Waals surface area contributed by atoms with Gasteiger partial charge in [0.25, 0.3) is 0 Å². The molecule has 2 aliphatic rings. The number of rotatable bonds is 3. The highest BCUT2D eigenvalue weighted by Gasteiger charge is 2.51. The van der Waals surface area contributed by atoms with Gasteiger partial charge < -0.3 is 10.2 Å². The Hall–Kier alpha value is -1.50. The SMILES string of the molecule is C#CCCN1C(=O)C2(CCCC2)NC(=O)C1CC. The summed E-state index contributed by atoms with van der Waals surface area (Å²) in [5.74, 6) is 2.60. The fourth-order valence-corrected chi connectivity index (χ4v) is 3.10. The Morgan fingerprint density at radius 3 is 2.67 bits per heavy atom. The van der Waals surface area contributed by atoms with Gasteiger partial charge in [0, 0.05) is 13.0 Å². The van der Waals surface area contributed by atoms with Crippen molar-refractivity contribution >= 4 is 11.8 Å². The van der Waals surface area contributed by atoms with E-state index in [0.29, 0.717) is 19.4 Å². The molecular weight excluding hydrogens is 228 g/mol. The highest BCUT2D eigenvalue weighted by atomic mass is 16.2. The monoisotopic (exact) mass is 248 g/mol. The predicted molar refractivity (Wildman–Crippen MR) is 68.6 cm³/mol. The Morgan fingerprint density at radius 2 is 2.11 bits per heavy atom. The van der Waals surface area contributed by atoms with E-state index in [1.807, 2.05) is 6.92 Å². The lowest BCUT2D eigenvalue weighted by atomic mass is 9.90. The lowest BCUT2D eigenvalue weighted by Crippen LogP contribution is -2.69. The summed E-state index contributed by atoms with van der Waals surface area (Å²) in [4.78, 5) is 26.5. The molecule has 1 saturated carbocycles. The molecule has 1 heterocycles. The molecule has 18 heavy (non-hydrogen) atoms. The third kappa shape index (κ3) is 1.98. The fraction of sp³-hybridized carbons (Fsp3) is 0.714. The van der Waals surface area contributed by atoms with Gasteiger partial charge in [0.15, 0.2) is 0 Å². The van der Waals surface area contributed by atoms with Crippen LogP contribution >= 0.6 is 0 Å². The number of nitrogens with one attached hydrogen (secondary N) is 1. The molecular formula is C14H20N2O2. The van der Waals surface area contributed by atoms with Gasteiger partial charge in [-0.2, -0.15) is 0 Å². The van der Waals surface area contributed by atoms with E-state index in [2.05, 4.69) is 11.2 Å². The molecule has 4 heteroatoms. The molecule has 1 spiro atoms. The van der Waals surface area contributed by atoms with Gasteiger partial charge in [-0.25, -0.2) is 0 Å². The van der Waals surface area contributed by atoms with Crippen LogP contribution in [0.1, 0.15) is 45.4 Å². The second-order valence-corrected chi connectivity index (χ2v) is 5.16. The van der Waals surface area contributed by atoms with E-state index in [9.17, 15) is 9.59 Å². The van der Waals surface area contributed by atoms with Crippen molar-refractivity contribution in [1.82, 2.24) is 10.2 Å². The summed E-state index contributed by atoms with van der Waals surface area (Å²) >= 11 is 0. The van der Waals surface area contributed by atoms with Gasteiger partial charge in [-0.05, 0) is 19.3 Å².